The first-order chi connectivity index (χ1) is 11.8. The van der Waals surface area contributed by atoms with Gasteiger partial charge in [-0.2, -0.15) is 0 Å². The van der Waals surface area contributed by atoms with Crippen molar-refractivity contribution < 1.29 is 13.5 Å². The molecule has 136 valence electrons. The van der Waals surface area contributed by atoms with Gasteiger partial charge < -0.3 is 10.4 Å². The number of anilines is 1. The molecule has 1 aliphatic carbocycles. The van der Waals surface area contributed by atoms with E-state index in [1.807, 2.05) is 6.92 Å². The first-order valence-electron chi connectivity index (χ1n) is 8.68. The van der Waals surface area contributed by atoms with Crippen LogP contribution in [-0.2, 0) is 9.84 Å². The van der Waals surface area contributed by atoms with Crippen molar-refractivity contribution in [3.8, 4) is 0 Å². The SMILES string of the molecule is CC(O)(CNc1ncnc2ccc(S(C)(=O)=O)cc12)C1CCCCC1. The molecule has 25 heavy (non-hydrogen) atoms. The van der Waals surface area contributed by atoms with E-state index < -0.39 is 15.4 Å². The lowest BCUT2D eigenvalue weighted by Crippen LogP contribution is -2.42. The Labute approximate surface area is 148 Å². The molecule has 1 aromatic carbocycles. The second kappa shape index (κ2) is 6.88. The van der Waals surface area contributed by atoms with Crippen molar-refractivity contribution in [1.82, 2.24) is 9.97 Å². The number of sulfone groups is 1. The minimum Gasteiger partial charge on any atom is -0.388 e. The fraction of sp³-hybridized carbons (Fsp3) is 0.556. The van der Waals surface area contributed by atoms with Gasteiger partial charge >= 0.3 is 0 Å². The number of hydrogen-bond donors (Lipinski definition) is 2. The summed E-state index contributed by atoms with van der Waals surface area (Å²) in [4.78, 5) is 8.67. The van der Waals surface area contributed by atoms with Gasteiger partial charge in [-0.05, 0) is 43.9 Å². The maximum Gasteiger partial charge on any atom is 0.175 e. The fourth-order valence-electron chi connectivity index (χ4n) is 3.54. The van der Waals surface area contributed by atoms with Gasteiger partial charge in [-0.1, -0.05) is 19.3 Å². The fourth-order valence-corrected chi connectivity index (χ4v) is 4.19. The third-order valence-corrected chi connectivity index (χ3v) is 6.24. The molecule has 2 N–H and O–H groups in total. The van der Waals surface area contributed by atoms with Gasteiger partial charge in [0.25, 0.3) is 0 Å². The lowest BCUT2D eigenvalue weighted by molar-refractivity contribution is -0.00448. The quantitative estimate of drug-likeness (QED) is 0.849. The topological polar surface area (TPSA) is 92.2 Å². The summed E-state index contributed by atoms with van der Waals surface area (Å²) in [6, 6.07) is 4.81. The number of nitrogens with zero attached hydrogens (tertiary/aromatic N) is 2. The largest absolute Gasteiger partial charge is 0.388 e. The zero-order chi connectivity index (χ0) is 18.1. The van der Waals surface area contributed by atoms with Gasteiger partial charge in [0.05, 0.1) is 16.0 Å². The molecule has 0 saturated heterocycles. The van der Waals surface area contributed by atoms with E-state index >= 15 is 0 Å². The summed E-state index contributed by atoms with van der Waals surface area (Å²) in [6.45, 7) is 2.23. The molecule has 0 spiro atoms. The van der Waals surface area contributed by atoms with Gasteiger partial charge in [-0.25, -0.2) is 18.4 Å². The molecule has 1 heterocycles. The van der Waals surface area contributed by atoms with E-state index in [0.29, 0.717) is 23.3 Å². The van der Waals surface area contributed by atoms with E-state index in [0.717, 1.165) is 25.7 Å². The van der Waals surface area contributed by atoms with Gasteiger partial charge in [0, 0.05) is 18.2 Å². The maximum atomic E-state index is 11.8. The summed E-state index contributed by atoms with van der Waals surface area (Å²) in [5.74, 6) is 0.819. The highest BCUT2D eigenvalue weighted by Crippen LogP contribution is 2.33. The number of hydrogen-bond acceptors (Lipinski definition) is 6. The minimum absolute atomic E-state index is 0.233. The predicted molar refractivity (Wildman–Crippen MR) is 98.3 cm³/mol. The lowest BCUT2D eigenvalue weighted by Gasteiger charge is -2.35. The van der Waals surface area contributed by atoms with E-state index in [-0.39, 0.29) is 10.8 Å². The molecule has 1 saturated carbocycles. The van der Waals surface area contributed by atoms with Crippen LogP contribution < -0.4 is 5.32 Å². The maximum absolute atomic E-state index is 11.8. The van der Waals surface area contributed by atoms with Crippen molar-refractivity contribution in [3.63, 3.8) is 0 Å². The van der Waals surface area contributed by atoms with Gasteiger partial charge in [-0.15, -0.1) is 0 Å². The van der Waals surface area contributed by atoms with E-state index in [1.165, 1.54) is 19.0 Å². The van der Waals surface area contributed by atoms with Crippen LogP contribution in [-0.4, -0.2) is 41.9 Å². The van der Waals surface area contributed by atoms with Gasteiger partial charge in [0.15, 0.2) is 9.84 Å². The molecule has 0 aliphatic heterocycles. The number of aliphatic hydroxyl groups is 1. The van der Waals surface area contributed by atoms with Crippen LogP contribution in [0.15, 0.2) is 29.4 Å². The monoisotopic (exact) mass is 363 g/mol. The second-order valence-corrected chi connectivity index (χ2v) is 9.23. The smallest absolute Gasteiger partial charge is 0.175 e. The molecule has 6 nitrogen and oxygen atoms in total. The Balaban J connectivity index is 1.85. The summed E-state index contributed by atoms with van der Waals surface area (Å²) in [5, 5.41) is 14.7. The molecule has 1 atom stereocenters. The van der Waals surface area contributed by atoms with Crippen LogP contribution in [0.1, 0.15) is 39.0 Å². The van der Waals surface area contributed by atoms with Crippen LogP contribution in [0.4, 0.5) is 5.82 Å². The Morgan fingerprint density at radius 3 is 2.64 bits per heavy atom. The van der Waals surface area contributed by atoms with Crippen LogP contribution in [0, 0.1) is 5.92 Å². The van der Waals surface area contributed by atoms with Crippen molar-refractivity contribution in [3.05, 3.63) is 24.5 Å². The van der Waals surface area contributed by atoms with E-state index in [9.17, 15) is 13.5 Å². The van der Waals surface area contributed by atoms with Gasteiger partial charge in [-0.3, -0.25) is 0 Å². The Morgan fingerprint density at radius 2 is 1.96 bits per heavy atom. The molecule has 1 aliphatic rings. The van der Waals surface area contributed by atoms with Crippen LogP contribution >= 0.6 is 0 Å². The first-order valence-corrected chi connectivity index (χ1v) is 10.6. The molecule has 2 aromatic rings. The number of benzene rings is 1. The average molecular weight is 363 g/mol. The second-order valence-electron chi connectivity index (χ2n) is 7.22. The van der Waals surface area contributed by atoms with Crippen molar-refractivity contribution in [2.45, 2.75) is 49.5 Å². The summed E-state index contributed by atoms with van der Waals surface area (Å²) in [7, 11) is -3.30. The van der Waals surface area contributed by atoms with Crippen LogP contribution in [0.3, 0.4) is 0 Å². The van der Waals surface area contributed by atoms with Crippen LogP contribution in [0.2, 0.25) is 0 Å². The summed E-state index contributed by atoms with van der Waals surface area (Å²) in [5.41, 5.74) is -0.159. The average Bonchev–Trinajstić information content (AvgIpc) is 2.59. The number of nitrogens with one attached hydrogen (secondary N) is 1. The zero-order valence-electron chi connectivity index (χ0n) is 14.7. The summed E-state index contributed by atoms with van der Waals surface area (Å²) >= 11 is 0. The molecular formula is C18H25N3O3S. The Kier molecular flexibility index (Phi) is 4.97. The Morgan fingerprint density at radius 1 is 1.24 bits per heavy atom. The molecule has 1 unspecified atom stereocenters. The lowest BCUT2D eigenvalue weighted by atomic mass is 9.78. The van der Waals surface area contributed by atoms with Crippen molar-refractivity contribution >= 4 is 26.6 Å². The van der Waals surface area contributed by atoms with E-state index in [1.54, 1.807) is 18.2 Å². The Hall–Kier alpha value is -1.73. The summed E-state index contributed by atoms with van der Waals surface area (Å²) < 4.78 is 23.6. The van der Waals surface area contributed by atoms with Crippen molar-refractivity contribution in [1.29, 1.82) is 0 Å². The Bertz CT molecular complexity index is 859. The minimum atomic E-state index is -3.30. The standard InChI is InChI=1S/C18H25N3O3S/c1-18(22,13-6-4-3-5-7-13)11-19-17-15-10-14(25(2,23)24)8-9-16(15)20-12-21-17/h8-10,12-13,22H,3-7,11H2,1-2H3,(H,19,20,21). The van der Waals surface area contributed by atoms with E-state index in [2.05, 4.69) is 15.3 Å². The molecule has 7 heteroatoms. The van der Waals surface area contributed by atoms with E-state index in [4.69, 9.17) is 0 Å². The molecule has 1 aromatic heterocycles. The normalized spacial score (nSPS) is 18.8. The third-order valence-electron chi connectivity index (χ3n) is 5.13. The number of aromatic nitrogens is 2. The number of fused-ring (bicyclic) bond motifs is 1. The molecule has 1 fully saturated rings. The third kappa shape index (κ3) is 4.10. The van der Waals surface area contributed by atoms with Gasteiger partial charge in [0.2, 0.25) is 0 Å². The molecular weight excluding hydrogens is 338 g/mol. The molecule has 0 radical (unpaired) electrons. The predicted octanol–water partition coefficient (Wildman–Crippen LogP) is 2.78. The highest BCUT2D eigenvalue weighted by Gasteiger charge is 2.32. The van der Waals surface area contributed by atoms with Crippen LogP contribution in [0.5, 0.6) is 0 Å². The van der Waals surface area contributed by atoms with Crippen molar-refractivity contribution in [2.24, 2.45) is 5.92 Å². The number of rotatable bonds is 5. The highest BCUT2D eigenvalue weighted by atomic mass is 32.2. The zero-order valence-corrected chi connectivity index (χ0v) is 15.5. The molecule has 0 bridgehead atoms. The summed E-state index contributed by atoms with van der Waals surface area (Å²) in [6.07, 6.45) is 8.27. The van der Waals surface area contributed by atoms with Crippen LogP contribution in [0.25, 0.3) is 10.9 Å². The first kappa shape index (κ1) is 18.1. The molecule has 3 rings (SSSR count). The van der Waals surface area contributed by atoms with Gasteiger partial charge in [0.1, 0.15) is 12.1 Å². The highest BCUT2D eigenvalue weighted by molar-refractivity contribution is 7.90. The van der Waals surface area contributed by atoms with Crippen molar-refractivity contribution in [2.75, 3.05) is 18.1 Å². The molecule has 0 amide bonds.